The molecule has 1 saturated heterocycles. The zero-order chi connectivity index (χ0) is 26.9. The number of carbonyl (C=O) groups is 1. The molecule has 10 heteroatoms. The van der Waals surface area contributed by atoms with Crippen LogP contribution in [0.1, 0.15) is 41.5 Å². The van der Waals surface area contributed by atoms with E-state index >= 15 is 0 Å². The van der Waals surface area contributed by atoms with Gasteiger partial charge in [-0.3, -0.25) is 19.8 Å². The van der Waals surface area contributed by atoms with Crippen LogP contribution in [0.25, 0.3) is 11.3 Å². The molecule has 3 aromatic rings. The Labute approximate surface area is 217 Å². The van der Waals surface area contributed by atoms with Gasteiger partial charge in [0.1, 0.15) is 0 Å². The van der Waals surface area contributed by atoms with Crippen molar-refractivity contribution in [3.05, 3.63) is 99.1 Å². The van der Waals surface area contributed by atoms with Crippen molar-refractivity contribution in [2.45, 2.75) is 32.0 Å². The number of rotatable bonds is 6. The lowest BCUT2D eigenvalue weighted by molar-refractivity contribution is -0.384. The normalized spacial score (nSPS) is 17.1. The topological polar surface area (TPSA) is 87.5 Å². The van der Waals surface area contributed by atoms with Gasteiger partial charge in [-0.15, -0.1) is 0 Å². The first-order valence-electron chi connectivity index (χ1n) is 12.3. The Morgan fingerprint density at radius 2 is 1.66 bits per heavy atom. The maximum atomic E-state index is 13.2. The fourth-order valence-corrected chi connectivity index (χ4v) is 4.84. The van der Waals surface area contributed by atoms with Gasteiger partial charge in [-0.1, -0.05) is 30.7 Å². The molecule has 0 bridgehead atoms. The molecule has 0 aliphatic carbocycles. The quantitative estimate of drug-likeness (QED) is 0.218. The number of nitrogens with zero attached hydrogens (tertiary/aromatic N) is 2. The first kappa shape index (κ1) is 25.5. The number of nitro benzene ring substituents is 1. The minimum absolute atomic E-state index is 0.112. The molecule has 1 fully saturated rings. The number of alkyl halides is 3. The van der Waals surface area contributed by atoms with Crippen molar-refractivity contribution in [3.8, 4) is 0 Å². The number of benzene rings is 3. The summed E-state index contributed by atoms with van der Waals surface area (Å²) in [6, 6.07) is 16.1. The van der Waals surface area contributed by atoms with E-state index in [4.69, 9.17) is 0 Å². The second kappa shape index (κ2) is 10.3. The van der Waals surface area contributed by atoms with Crippen molar-refractivity contribution in [2.24, 2.45) is 0 Å². The smallest absolute Gasteiger partial charge is 0.354 e. The third-order valence-electron chi connectivity index (χ3n) is 6.79. The Balaban J connectivity index is 1.53. The summed E-state index contributed by atoms with van der Waals surface area (Å²) in [5, 5.41) is 17.3. The summed E-state index contributed by atoms with van der Waals surface area (Å²) in [6.45, 7) is 2.95. The fraction of sp³-hybridized carbons (Fsp3) is 0.250. The summed E-state index contributed by atoms with van der Waals surface area (Å²) < 4.78 is 39.6. The lowest BCUT2D eigenvalue weighted by atomic mass is 9.98. The van der Waals surface area contributed by atoms with Crippen molar-refractivity contribution < 1.29 is 22.9 Å². The molecule has 0 unspecified atom stereocenters. The molecule has 0 radical (unpaired) electrons. The fourth-order valence-electron chi connectivity index (χ4n) is 4.84. The Kier molecular flexibility index (Phi) is 6.90. The number of anilines is 2. The molecule has 3 aromatic carbocycles. The molecular formula is C28H25F3N4O3. The van der Waals surface area contributed by atoms with Gasteiger partial charge in [0, 0.05) is 35.6 Å². The largest absolute Gasteiger partial charge is 0.416 e. The predicted octanol–water partition coefficient (Wildman–Crippen LogP) is 6.53. The van der Waals surface area contributed by atoms with E-state index in [1.807, 2.05) is 24.3 Å². The van der Waals surface area contributed by atoms with E-state index in [2.05, 4.69) is 15.5 Å². The van der Waals surface area contributed by atoms with E-state index in [9.17, 15) is 28.1 Å². The van der Waals surface area contributed by atoms with Crippen LogP contribution in [0.3, 0.4) is 0 Å². The van der Waals surface area contributed by atoms with Crippen LogP contribution in [0.2, 0.25) is 0 Å². The van der Waals surface area contributed by atoms with Crippen LogP contribution in [0, 0.1) is 10.1 Å². The standard InChI is InChI=1S/C28H25F3N4O3/c29-28(30,31)20-8-6-19(7-9-20)26(25-23-16-22(35(37)38)12-13-24(23)33-27(25)36)32-21-10-4-18(5-11-21)17-34-14-2-1-3-15-34/h4-13,16,32H,1-3,14-15,17H2,(H,33,36)/b26-25-. The van der Waals surface area contributed by atoms with Crippen molar-refractivity contribution in [2.75, 3.05) is 23.7 Å². The zero-order valence-electron chi connectivity index (χ0n) is 20.3. The van der Waals surface area contributed by atoms with E-state index in [-0.39, 0.29) is 17.0 Å². The van der Waals surface area contributed by atoms with Crippen LogP contribution in [0.5, 0.6) is 0 Å². The molecule has 2 N–H and O–H groups in total. The molecule has 0 saturated carbocycles. The molecule has 7 nitrogen and oxygen atoms in total. The zero-order valence-corrected chi connectivity index (χ0v) is 20.3. The summed E-state index contributed by atoms with van der Waals surface area (Å²) in [4.78, 5) is 26.3. The van der Waals surface area contributed by atoms with Crippen LogP contribution in [-0.4, -0.2) is 28.8 Å². The average molecular weight is 523 g/mol. The number of hydrogen-bond acceptors (Lipinski definition) is 5. The Morgan fingerprint density at radius 3 is 2.29 bits per heavy atom. The van der Waals surface area contributed by atoms with E-state index in [1.165, 1.54) is 49.6 Å². The molecule has 38 heavy (non-hydrogen) atoms. The number of piperidine rings is 1. The van der Waals surface area contributed by atoms with Crippen LogP contribution in [0.15, 0.2) is 66.7 Å². The number of carbonyl (C=O) groups excluding carboxylic acids is 1. The Hall–Kier alpha value is -4.18. The number of non-ortho nitro benzene ring substituents is 1. The number of halogens is 3. The second-order valence-electron chi connectivity index (χ2n) is 9.42. The molecule has 5 rings (SSSR count). The lowest BCUT2D eigenvalue weighted by Gasteiger charge is -2.26. The van der Waals surface area contributed by atoms with Gasteiger partial charge in [0.05, 0.1) is 21.8 Å². The van der Waals surface area contributed by atoms with Gasteiger partial charge in [-0.2, -0.15) is 13.2 Å². The summed E-state index contributed by atoms with van der Waals surface area (Å²) in [5.74, 6) is -0.510. The predicted molar refractivity (Wildman–Crippen MR) is 139 cm³/mol. The summed E-state index contributed by atoms with van der Waals surface area (Å²) in [5.41, 5.74) is 2.11. The summed E-state index contributed by atoms with van der Waals surface area (Å²) in [7, 11) is 0. The van der Waals surface area contributed by atoms with Gasteiger partial charge in [0.2, 0.25) is 0 Å². The van der Waals surface area contributed by atoms with E-state index < -0.39 is 22.6 Å². The van der Waals surface area contributed by atoms with E-state index in [1.54, 1.807) is 0 Å². The maximum absolute atomic E-state index is 13.2. The molecule has 1 amide bonds. The number of nitrogens with one attached hydrogen (secondary N) is 2. The average Bonchev–Trinajstić information content (AvgIpc) is 3.23. The summed E-state index contributed by atoms with van der Waals surface area (Å²) >= 11 is 0. The highest BCUT2D eigenvalue weighted by Crippen LogP contribution is 2.40. The van der Waals surface area contributed by atoms with Crippen molar-refractivity contribution in [1.82, 2.24) is 4.90 Å². The van der Waals surface area contributed by atoms with Gasteiger partial charge in [-0.05, 0) is 67.4 Å². The SMILES string of the molecule is O=C1Nc2ccc([N+](=O)[O-])cc2/C1=C(/Nc1ccc(CN2CCCCC2)cc1)c1ccc(C(F)(F)F)cc1. The van der Waals surface area contributed by atoms with Gasteiger partial charge in [0.25, 0.3) is 11.6 Å². The third kappa shape index (κ3) is 5.40. The van der Waals surface area contributed by atoms with Gasteiger partial charge < -0.3 is 10.6 Å². The molecule has 2 aliphatic rings. The number of hydrogen-bond donors (Lipinski definition) is 2. The molecule has 0 atom stereocenters. The highest BCUT2D eigenvalue weighted by atomic mass is 19.4. The Bertz CT molecular complexity index is 1390. The van der Waals surface area contributed by atoms with Crippen LogP contribution >= 0.6 is 0 Å². The van der Waals surface area contributed by atoms with E-state index in [0.717, 1.165) is 37.3 Å². The monoisotopic (exact) mass is 522 g/mol. The highest BCUT2D eigenvalue weighted by Gasteiger charge is 2.32. The number of fused-ring (bicyclic) bond motifs is 1. The van der Waals surface area contributed by atoms with Crippen molar-refractivity contribution in [3.63, 3.8) is 0 Å². The first-order chi connectivity index (χ1) is 18.2. The molecule has 196 valence electrons. The van der Waals surface area contributed by atoms with E-state index in [0.29, 0.717) is 22.5 Å². The Morgan fingerprint density at radius 1 is 0.974 bits per heavy atom. The third-order valence-corrected chi connectivity index (χ3v) is 6.79. The summed E-state index contributed by atoms with van der Waals surface area (Å²) in [6.07, 6.45) is -0.890. The van der Waals surface area contributed by atoms with Crippen LogP contribution < -0.4 is 10.6 Å². The first-order valence-corrected chi connectivity index (χ1v) is 12.3. The van der Waals surface area contributed by atoms with Gasteiger partial charge in [0.15, 0.2) is 0 Å². The van der Waals surface area contributed by atoms with Crippen LogP contribution in [-0.2, 0) is 17.5 Å². The maximum Gasteiger partial charge on any atom is 0.416 e. The van der Waals surface area contributed by atoms with Crippen molar-refractivity contribution >= 4 is 34.2 Å². The minimum Gasteiger partial charge on any atom is -0.354 e. The van der Waals surface area contributed by atoms with Crippen molar-refractivity contribution in [1.29, 1.82) is 0 Å². The number of amides is 1. The number of likely N-dealkylation sites (tertiary alicyclic amines) is 1. The van der Waals surface area contributed by atoms with Gasteiger partial charge in [-0.25, -0.2) is 0 Å². The minimum atomic E-state index is -4.51. The molecule has 0 aromatic heterocycles. The number of nitro groups is 1. The van der Waals surface area contributed by atoms with Gasteiger partial charge >= 0.3 is 6.18 Å². The second-order valence-corrected chi connectivity index (χ2v) is 9.42. The molecule has 2 heterocycles. The molecule has 0 spiro atoms. The highest BCUT2D eigenvalue weighted by molar-refractivity contribution is 6.37. The molecule has 2 aliphatic heterocycles. The lowest BCUT2D eigenvalue weighted by Crippen LogP contribution is -2.29. The van der Waals surface area contributed by atoms with Crippen LogP contribution in [0.4, 0.5) is 30.2 Å². The molecular weight excluding hydrogens is 497 g/mol.